The Morgan fingerprint density at radius 2 is 2.25 bits per heavy atom. The number of nitro groups is 1. The van der Waals surface area contributed by atoms with Crippen molar-refractivity contribution in [3.8, 4) is 0 Å². The molecule has 0 aliphatic rings. The molecule has 0 radical (unpaired) electrons. The zero-order valence-corrected chi connectivity index (χ0v) is 11.5. The van der Waals surface area contributed by atoms with E-state index in [1.54, 1.807) is 7.05 Å². The number of aryl methyl sites for hydroxylation is 1. The second kappa shape index (κ2) is 6.93. The summed E-state index contributed by atoms with van der Waals surface area (Å²) in [5.41, 5.74) is 2.20. The number of rotatable bonds is 7. The third kappa shape index (κ3) is 3.73. The summed E-state index contributed by atoms with van der Waals surface area (Å²) in [5, 5.41) is 20.8. The minimum atomic E-state index is -0.797. The Balaban J connectivity index is 3.13. The number of nitrogens with two attached hydrogens (primary N) is 1. The number of aliphatic hydroxyl groups is 1. The summed E-state index contributed by atoms with van der Waals surface area (Å²) < 4.78 is 4.81. The Labute approximate surface area is 115 Å². The minimum absolute atomic E-state index is 0.0659. The third-order valence-electron chi connectivity index (χ3n) is 2.56. The molecule has 20 heavy (non-hydrogen) atoms. The van der Waals surface area contributed by atoms with E-state index in [1.165, 1.54) is 18.9 Å². The van der Waals surface area contributed by atoms with Crippen molar-refractivity contribution in [3.05, 3.63) is 15.8 Å². The Bertz CT molecular complexity index is 483. The van der Waals surface area contributed by atoms with Crippen LogP contribution >= 0.6 is 0 Å². The van der Waals surface area contributed by atoms with Gasteiger partial charge in [0, 0.05) is 20.7 Å². The summed E-state index contributed by atoms with van der Waals surface area (Å²) in [6.45, 7) is 1.73. The highest BCUT2D eigenvalue weighted by Gasteiger charge is 2.25. The van der Waals surface area contributed by atoms with E-state index < -0.39 is 11.0 Å². The van der Waals surface area contributed by atoms with Crippen molar-refractivity contribution in [2.45, 2.75) is 13.0 Å². The number of aromatic nitrogens is 2. The van der Waals surface area contributed by atoms with Crippen LogP contribution < -0.4 is 16.2 Å². The molecular formula is C10H18N6O4. The molecule has 0 bridgehead atoms. The fraction of sp³-hybridized carbons (Fsp3) is 0.600. The largest absolute Gasteiger partial charge is 0.389 e. The van der Waals surface area contributed by atoms with Crippen LogP contribution in [-0.2, 0) is 4.74 Å². The van der Waals surface area contributed by atoms with Gasteiger partial charge in [-0.15, -0.1) is 0 Å². The number of nitrogen functional groups attached to an aromatic ring is 1. The third-order valence-corrected chi connectivity index (χ3v) is 2.56. The van der Waals surface area contributed by atoms with E-state index in [2.05, 4.69) is 15.4 Å². The standard InChI is InChI=1S/C10H18N6O4/c1-6-8(16(18)19)9(13-10(12-6)14-11)15(2)4-7(17)5-20-3/h7,17H,4-5,11H2,1-3H3,(H,12,13,14). The normalized spacial score (nSPS) is 12.1. The lowest BCUT2D eigenvalue weighted by Gasteiger charge is -2.21. The van der Waals surface area contributed by atoms with Crippen LogP contribution in [0.25, 0.3) is 0 Å². The van der Waals surface area contributed by atoms with Crippen molar-refractivity contribution >= 4 is 17.5 Å². The number of methoxy groups -OCH3 is 1. The van der Waals surface area contributed by atoms with Crippen LogP contribution in [0.2, 0.25) is 0 Å². The van der Waals surface area contributed by atoms with Gasteiger partial charge in [0.05, 0.1) is 17.6 Å². The Kier molecular flexibility index (Phi) is 5.55. The highest BCUT2D eigenvalue weighted by Crippen LogP contribution is 2.28. The first-order valence-corrected chi connectivity index (χ1v) is 5.78. The summed E-state index contributed by atoms with van der Waals surface area (Å²) in [6, 6.07) is 0. The molecule has 1 aromatic heterocycles. The fourth-order valence-electron chi connectivity index (χ4n) is 1.74. The Morgan fingerprint density at radius 3 is 2.75 bits per heavy atom. The van der Waals surface area contributed by atoms with Crippen LogP contribution in [0.15, 0.2) is 0 Å². The molecule has 10 nitrogen and oxygen atoms in total. The molecule has 1 unspecified atom stereocenters. The molecule has 1 atom stereocenters. The van der Waals surface area contributed by atoms with Gasteiger partial charge >= 0.3 is 5.69 Å². The van der Waals surface area contributed by atoms with Crippen molar-refractivity contribution in [1.29, 1.82) is 0 Å². The van der Waals surface area contributed by atoms with Crippen LogP contribution in [0.3, 0.4) is 0 Å². The van der Waals surface area contributed by atoms with Gasteiger partial charge in [-0.1, -0.05) is 0 Å². The maximum absolute atomic E-state index is 11.1. The topological polar surface area (TPSA) is 140 Å². The molecule has 0 aliphatic carbocycles. The SMILES string of the molecule is COCC(O)CN(C)c1nc(NN)nc(C)c1[N+](=O)[O-]. The molecule has 0 amide bonds. The second-order valence-electron chi connectivity index (χ2n) is 4.20. The first-order valence-electron chi connectivity index (χ1n) is 5.78. The van der Waals surface area contributed by atoms with E-state index in [4.69, 9.17) is 10.6 Å². The van der Waals surface area contributed by atoms with Crippen molar-refractivity contribution in [2.75, 3.05) is 37.6 Å². The first kappa shape index (κ1) is 16.0. The van der Waals surface area contributed by atoms with Crippen molar-refractivity contribution in [2.24, 2.45) is 5.84 Å². The Morgan fingerprint density at radius 1 is 1.60 bits per heavy atom. The first-order chi connectivity index (χ1) is 9.40. The average Bonchev–Trinajstić information content (AvgIpc) is 2.37. The van der Waals surface area contributed by atoms with Crippen LogP contribution in [0.1, 0.15) is 5.69 Å². The van der Waals surface area contributed by atoms with Crippen molar-refractivity contribution in [1.82, 2.24) is 9.97 Å². The number of nitrogens with one attached hydrogen (secondary N) is 1. The molecule has 0 fully saturated rings. The molecule has 0 aromatic carbocycles. The molecule has 0 aliphatic heterocycles. The molecule has 112 valence electrons. The number of likely N-dealkylation sites (N-methyl/N-ethyl adjacent to an activating group) is 1. The lowest BCUT2D eigenvalue weighted by atomic mass is 10.3. The van der Waals surface area contributed by atoms with Crippen LogP contribution in [0, 0.1) is 17.0 Å². The molecule has 0 saturated heterocycles. The summed E-state index contributed by atoms with van der Waals surface area (Å²) in [5.74, 6) is 5.37. The molecule has 1 heterocycles. The second-order valence-corrected chi connectivity index (χ2v) is 4.20. The maximum atomic E-state index is 11.1. The van der Waals surface area contributed by atoms with E-state index in [1.807, 2.05) is 0 Å². The van der Waals surface area contributed by atoms with E-state index in [0.717, 1.165) is 0 Å². The molecule has 1 aromatic rings. The predicted molar refractivity (Wildman–Crippen MR) is 72.4 cm³/mol. The molecule has 4 N–H and O–H groups in total. The number of nitrogens with zero attached hydrogens (tertiary/aromatic N) is 4. The summed E-state index contributed by atoms with van der Waals surface area (Å²) >= 11 is 0. The zero-order chi connectivity index (χ0) is 15.3. The van der Waals surface area contributed by atoms with Crippen LogP contribution in [0.5, 0.6) is 0 Å². The Hall–Kier alpha value is -2.04. The highest BCUT2D eigenvalue weighted by atomic mass is 16.6. The van der Waals surface area contributed by atoms with Gasteiger partial charge in [0.2, 0.25) is 11.8 Å². The lowest BCUT2D eigenvalue weighted by Crippen LogP contribution is -2.33. The van der Waals surface area contributed by atoms with Gasteiger partial charge in [0.25, 0.3) is 0 Å². The molecule has 0 saturated carbocycles. The van der Waals surface area contributed by atoms with E-state index in [0.29, 0.717) is 0 Å². The van der Waals surface area contributed by atoms with Crippen molar-refractivity contribution in [3.63, 3.8) is 0 Å². The van der Waals surface area contributed by atoms with Gasteiger partial charge in [-0.2, -0.15) is 4.98 Å². The number of anilines is 2. The van der Waals surface area contributed by atoms with E-state index in [-0.39, 0.29) is 36.3 Å². The predicted octanol–water partition coefficient (Wildman–Crippen LogP) is -0.578. The quantitative estimate of drug-likeness (QED) is 0.341. The molecule has 0 spiro atoms. The lowest BCUT2D eigenvalue weighted by molar-refractivity contribution is -0.385. The van der Waals surface area contributed by atoms with Gasteiger partial charge in [0.15, 0.2) is 0 Å². The molecule has 1 rings (SSSR count). The number of hydrazine groups is 1. The van der Waals surface area contributed by atoms with E-state index in [9.17, 15) is 15.2 Å². The van der Waals surface area contributed by atoms with Gasteiger partial charge in [-0.05, 0) is 6.92 Å². The van der Waals surface area contributed by atoms with Gasteiger partial charge < -0.3 is 14.7 Å². The monoisotopic (exact) mass is 286 g/mol. The highest BCUT2D eigenvalue weighted by molar-refractivity contribution is 5.62. The number of ether oxygens (including phenoxy) is 1. The summed E-state index contributed by atoms with van der Waals surface area (Å²) in [6.07, 6.45) is -0.797. The van der Waals surface area contributed by atoms with Gasteiger partial charge in [-0.3, -0.25) is 15.5 Å². The van der Waals surface area contributed by atoms with E-state index >= 15 is 0 Å². The minimum Gasteiger partial charge on any atom is -0.389 e. The van der Waals surface area contributed by atoms with Crippen LogP contribution in [0.4, 0.5) is 17.5 Å². The average molecular weight is 286 g/mol. The molecular weight excluding hydrogens is 268 g/mol. The summed E-state index contributed by atoms with van der Waals surface area (Å²) in [4.78, 5) is 19.8. The van der Waals surface area contributed by atoms with Gasteiger partial charge in [0.1, 0.15) is 5.69 Å². The summed E-state index contributed by atoms with van der Waals surface area (Å²) in [7, 11) is 3.03. The van der Waals surface area contributed by atoms with Crippen molar-refractivity contribution < 1.29 is 14.8 Å². The maximum Gasteiger partial charge on any atom is 0.332 e. The van der Waals surface area contributed by atoms with Crippen LogP contribution in [-0.4, -0.2) is 53.4 Å². The number of aliphatic hydroxyl groups excluding tert-OH is 1. The zero-order valence-electron chi connectivity index (χ0n) is 11.5. The number of hydrogen-bond acceptors (Lipinski definition) is 9. The smallest absolute Gasteiger partial charge is 0.332 e. The van der Waals surface area contributed by atoms with Gasteiger partial charge in [-0.25, -0.2) is 10.8 Å². The molecule has 10 heteroatoms. The number of hydrogen-bond donors (Lipinski definition) is 3. The fourth-order valence-corrected chi connectivity index (χ4v) is 1.74.